The zero-order valence-electron chi connectivity index (χ0n) is 6.09. The Hall–Kier alpha value is -0.790. The molecule has 0 aliphatic rings. The van der Waals surface area contributed by atoms with Crippen LogP contribution in [0, 0.1) is 0 Å². The summed E-state index contributed by atoms with van der Waals surface area (Å²) in [6.07, 6.45) is 5.38. The lowest BCUT2D eigenvalue weighted by molar-refractivity contribution is 0.901. The molecule has 2 nitrogen and oxygen atoms in total. The Balaban J connectivity index is 3.55. The summed E-state index contributed by atoms with van der Waals surface area (Å²) in [6.45, 7) is 4.19. The van der Waals surface area contributed by atoms with E-state index in [0.717, 1.165) is 6.42 Å². The Morgan fingerprint density at radius 1 is 1.67 bits per heavy atom. The third-order valence-corrected chi connectivity index (χ3v) is 1.03. The maximum Gasteiger partial charge on any atom is 0.0852 e. The quantitative estimate of drug-likeness (QED) is 0.453. The summed E-state index contributed by atoms with van der Waals surface area (Å²) in [4.78, 5) is 3.78. The molecule has 0 rings (SSSR count). The average molecular weight is 126 g/mol. The lowest BCUT2D eigenvalue weighted by Crippen LogP contribution is -1.86. The Kier molecular flexibility index (Phi) is 4.88. The van der Waals surface area contributed by atoms with Crippen LogP contribution in [0.4, 0.5) is 0 Å². The molecule has 2 N–H and O–H groups in total. The van der Waals surface area contributed by atoms with E-state index in [0.29, 0.717) is 0 Å². The summed E-state index contributed by atoms with van der Waals surface area (Å²) in [5.74, 6) is 0. The molecule has 0 unspecified atom stereocenters. The van der Waals surface area contributed by atoms with Gasteiger partial charge in [-0.05, 0) is 13.3 Å². The molecular weight excluding hydrogens is 112 g/mol. The number of hydrogen-bond donors (Lipinski definition) is 1. The largest absolute Gasteiger partial charge is 0.390 e. The molecule has 0 bridgehead atoms. The van der Waals surface area contributed by atoms with Crippen molar-refractivity contribution >= 4 is 6.34 Å². The molecule has 0 aromatic rings. The first-order chi connectivity index (χ1) is 4.31. The smallest absolute Gasteiger partial charge is 0.0852 e. The maximum atomic E-state index is 5.04. The van der Waals surface area contributed by atoms with Crippen LogP contribution in [0.1, 0.15) is 26.7 Å². The van der Waals surface area contributed by atoms with Crippen molar-refractivity contribution in [2.75, 3.05) is 0 Å². The monoisotopic (exact) mass is 126 g/mol. The molecule has 0 saturated heterocycles. The van der Waals surface area contributed by atoms with Crippen molar-refractivity contribution < 1.29 is 0 Å². The minimum Gasteiger partial charge on any atom is -0.390 e. The molecule has 9 heavy (non-hydrogen) atoms. The minimum absolute atomic E-state index is 1.11. The first kappa shape index (κ1) is 8.21. The SMILES string of the molecule is CCC/C(C)=C\N=C/N. The van der Waals surface area contributed by atoms with Crippen molar-refractivity contribution in [3.8, 4) is 0 Å². The first-order valence-corrected chi connectivity index (χ1v) is 3.20. The van der Waals surface area contributed by atoms with Gasteiger partial charge in [0.15, 0.2) is 0 Å². The van der Waals surface area contributed by atoms with Gasteiger partial charge >= 0.3 is 0 Å². The third kappa shape index (κ3) is 5.07. The van der Waals surface area contributed by atoms with Crippen molar-refractivity contribution in [1.82, 2.24) is 0 Å². The number of hydrogen-bond acceptors (Lipinski definition) is 1. The normalized spacial score (nSPS) is 12.9. The molecule has 0 heterocycles. The van der Waals surface area contributed by atoms with E-state index in [1.165, 1.54) is 18.3 Å². The van der Waals surface area contributed by atoms with E-state index in [-0.39, 0.29) is 0 Å². The standard InChI is InChI=1S/C7H14N2/c1-3-4-7(2)5-9-6-8/h5-6H,3-4H2,1-2H3,(H2,8,9)/b7-5-. The molecular formula is C7H14N2. The van der Waals surface area contributed by atoms with Crippen LogP contribution in [0.15, 0.2) is 16.8 Å². The highest BCUT2D eigenvalue weighted by molar-refractivity contribution is 5.52. The Bertz CT molecular complexity index is 114. The molecule has 0 atom stereocenters. The van der Waals surface area contributed by atoms with Crippen LogP contribution in [0.2, 0.25) is 0 Å². The van der Waals surface area contributed by atoms with Crippen LogP contribution in [-0.2, 0) is 0 Å². The summed E-state index contributed by atoms with van der Waals surface area (Å²) < 4.78 is 0. The van der Waals surface area contributed by atoms with Crippen LogP contribution >= 0.6 is 0 Å². The summed E-state index contributed by atoms with van der Waals surface area (Å²) >= 11 is 0. The van der Waals surface area contributed by atoms with Crippen LogP contribution in [0.3, 0.4) is 0 Å². The summed E-state index contributed by atoms with van der Waals surface area (Å²) in [5.41, 5.74) is 6.31. The number of nitrogens with zero attached hydrogens (tertiary/aromatic N) is 1. The van der Waals surface area contributed by atoms with E-state index in [1.807, 2.05) is 0 Å². The molecule has 0 aromatic carbocycles. The van der Waals surface area contributed by atoms with E-state index in [1.54, 1.807) is 6.20 Å². The van der Waals surface area contributed by atoms with E-state index in [9.17, 15) is 0 Å². The number of rotatable bonds is 3. The predicted molar refractivity (Wildman–Crippen MR) is 41.3 cm³/mol. The molecule has 0 saturated carbocycles. The zero-order valence-corrected chi connectivity index (χ0v) is 6.09. The van der Waals surface area contributed by atoms with Crippen LogP contribution < -0.4 is 5.73 Å². The Morgan fingerprint density at radius 2 is 2.33 bits per heavy atom. The van der Waals surface area contributed by atoms with Crippen molar-refractivity contribution in [2.24, 2.45) is 10.7 Å². The second-order valence-electron chi connectivity index (χ2n) is 2.02. The van der Waals surface area contributed by atoms with E-state index < -0.39 is 0 Å². The molecule has 2 heteroatoms. The van der Waals surface area contributed by atoms with Gasteiger partial charge in [0.05, 0.1) is 6.34 Å². The van der Waals surface area contributed by atoms with Gasteiger partial charge in [0, 0.05) is 6.20 Å². The van der Waals surface area contributed by atoms with Crippen molar-refractivity contribution in [1.29, 1.82) is 0 Å². The van der Waals surface area contributed by atoms with Gasteiger partial charge in [0.25, 0.3) is 0 Å². The molecule has 0 spiro atoms. The molecule has 0 amide bonds. The van der Waals surface area contributed by atoms with Crippen LogP contribution in [0.25, 0.3) is 0 Å². The van der Waals surface area contributed by atoms with E-state index in [4.69, 9.17) is 5.73 Å². The van der Waals surface area contributed by atoms with Gasteiger partial charge in [-0.1, -0.05) is 18.9 Å². The molecule has 0 fully saturated rings. The highest BCUT2D eigenvalue weighted by atomic mass is 14.8. The third-order valence-electron chi connectivity index (χ3n) is 1.03. The topological polar surface area (TPSA) is 38.4 Å². The van der Waals surface area contributed by atoms with Gasteiger partial charge in [-0.15, -0.1) is 0 Å². The van der Waals surface area contributed by atoms with Gasteiger partial charge in [-0.2, -0.15) is 0 Å². The van der Waals surface area contributed by atoms with Crippen molar-refractivity contribution in [3.05, 3.63) is 11.8 Å². The average Bonchev–Trinajstić information content (AvgIpc) is 1.85. The minimum atomic E-state index is 1.11. The number of aliphatic imine (C=N–C) groups is 1. The highest BCUT2D eigenvalue weighted by Crippen LogP contribution is 2.01. The Morgan fingerprint density at radius 3 is 2.78 bits per heavy atom. The fourth-order valence-corrected chi connectivity index (χ4v) is 0.629. The highest BCUT2D eigenvalue weighted by Gasteiger charge is 1.82. The summed E-state index contributed by atoms with van der Waals surface area (Å²) in [5, 5.41) is 0. The van der Waals surface area contributed by atoms with Gasteiger partial charge in [-0.3, -0.25) is 0 Å². The molecule has 52 valence electrons. The second-order valence-corrected chi connectivity index (χ2v) is 2.02. The van der Waals surface area contributed by atoms with Crippen LogP contribution in [-0.4, -0.2) is 6.34 Å². The van der Waals surface area contributed by atoms with Crippen molar-refractivity contribution in [2.45, 2.75) is 26.7 Å². The van der Waals surface area contributed by atoms with E-state index in [2.05, 4.69) is 18.8 Å². The van der Waals surface area contributed by atoms with Gasteiger partial charge < -0.3 is 5.73 Å². The van der Waals surface area contributed by atoms with Crippen molar-refractivity contribution in [3.63, 3.8) is 0 Å². The fourth-order valence-electron chi connectivity index (χ4n) is 0.629. The number of nitrogens with two attached hydrogens (primary N) is 1. The maximum absolute atomic E-state index is 5.04. The first-order valence-electron chi connectivity index (χ1n) is 3.20. The fraction of sp³-hybridized carbons (Fsp3) is 0.571. The van der Waals surface area contributed by atoms with Gasteiger partial charge in [0.2, 0.25) is 0 Å². The zero-order chi connectivity index (χ0) is 7.11. The lowest BCUT2D eigenvalue weighted by atomic mass is 10.2. The number of allylic oxidation sites excluding steroid dienone is 1. The molecule has 0 aliphatic heterocycles. The molecule has 0 radical (unpaired) electrons. The second kappa shape index (κ2) is 5.35. The molecule has 0 aromatic heterocycles. The van der Waals surface area contributed by atoms with Gasteiger partial charge in [-0.25, -0.2) is 4.99 Å². The summed E-state index contributed by atoms with van der Waals surface area (Å²) in [6, 6.07) is 0. The van der Waals surface area contributed by atoms with Gasteiger partial charge in [0.1, 0.15) is 0 Å². The predicted octanol–water partition coefficient (Wildman–Crippen LogP) is 1.68. The molecule has 0 aliphatic carbocycles. The summed E-state index contributed by atoms with van der Waals surface area (Å²) in [7, 11) is 0. The Labute approximate surface area is 56.5 Å². The lowest BCUT2D eigenvalue weighted by Gasteiger charge is -1.91. The van der Waals surface area contributed by atoms with Crippen LogP contribution in [0.5, 0.6) is 0 Å². The van der Waals surface area contributed by atoms with E-state index >= 15 is 0 Å².